The molecule has 28 heavy (non-hydrogen) atoms. The molecule has 0 radical (unpaired) electrons. The summed E-state index contributed by atoms with van der Waals surface area (Å²) in [6, 6.07) is 13.9. The second-order valence-electron chi connectivity index (χ2n) is 6.99. The van der Waals surface area contributed by atoms with E-state index in [1.807, 2.05) is 35.2 Å². The Hall–Kier alpha value is -2.73. The van der Waals surface area contributed by atoms with E-state index in [2.05, 4.69) is 24.1 Å². The lowest BCUT2D eigenvalue weighted by Crippen LogP contribution is -2.49. The number of benzene rings is 2. The molecule has 1 heterocycles. The van der Waals surface area contributed by atoms with Crippen molar-refractivity contribution in [3.8, 4) is 17.2 Å². The molecule has 0 N–H and O–H groups in total. The minimum atomic E-state index is 0.0505. The standard InChI is InChI=1S/C22H28N2O4/c1-23-10-11-24(18(15-23)17-8-6-5-7-9-17)21(25)14-16-12-19(26-2)22(28-4)20(13-16)27-3/h5-9,12-13,18H,10-11,14-15H2,1-4H3. The van der Waals surface area contributed by atoms with Crippen LogP contribution in [0.15, 0.2) is 42.5 Å². The molecule has 1 amide bonds. The van der Waals surface area contributed by atoms with Gasteiger partial charge in [0.15, 0.2) is 11.5 Å². The number of hydrogen-bond donors (Lipinski definition) is 0. The lowest BCUT2D eigenvalue weighted by atomic mass is 10.0. The normalized spacial score (nSPS) is 17.3. The third kappa shape index (κ3) is 4.22. The third-order valence-electron chi connectivity index (χ3n) is 5.17. The van der Waals surface area contributed by atoms with E-state index in [4.69, 9.17) is 14.2 Å². The topological polar surface area (TPSA) is 51.2 Å². The van der Waals surface area contributed by atoms with Crippen molar-refractivity contribution in [1.82, 2.24) is 9.80 Å². The van der Waals surface area contributed by atoms with E-state index in [-0.39, 0.29) is 18.4 Å². The van der Waals surface area contributed by atoms with Crippen LogP contribution in [-0.4, -0.2) is 63.7 Å². The van der Waals surface area contributed by atoms with Gasteiger partial charge in [0.1, 0.15) is 0 Å². The Labute approximate surface area is 166 Å². The molecule has 150 valence electrons. The van der Waals surface area contributed by atoms with Crippen molar-refractivity contribution < 1.29 is 19.0 Å². The molecule has 1 unspecified atom stereocenters. The molecule has 1 saturated heterocycles. The number of rotatable bonds is 6. The highest BCUT2D eigenvalue weighted by Gasteiger charge is 2.30. The molecule has 6 nitrogen and oxygen atoms in total. The van der Waals surface area contributed by atoms with Crippen LogP contribution in [0.4, 0.5) is 0 Å². The van der Waals surface area contributed by atoms with Crippen molar-refractivity contribution in [3.05, 3.63) is 53.6 Å². The van der Waals surface area contributed by atoms with Gasteiger partial charge in [0.05, 0.1) is 33.8 Å². The van der Waals surface area contributed by atoms with Crippen molar-refractivity contribution in [1.29, 1.82) is 0 Å². The molecule has 1 atom stereocenters. The monoisotopic (exact) mass is 384 g/mol. The van der Waals surface area contributed by atoms with Crippen LogP contribution in [0, 0.1) is 0 Å². The molecule has 0 bridgehead atoms. The van der Waals surface area contributed by atoms with Crippen LogP contribution < -0.4 is 14.2 Å². The smallest absolute Gasteiger partial charge is 0.227 e. The quantitative estimate of drug-likeness (QED) is 0.767. The van der Waals surface area contributed by atoms with Crippen LogP contribution in [0.3, 0.4) is 0 Å². The van der Waals surface area contributed by atoms with E-state index in [0.717, 1.165) is 24.2 Å². The highest BCUT2D eigenvalue weighted by molar-refractivity contribution is 5.80. The first-order valence-electron chi connectivity index (χ1n) is 9.39. The molecule has 1 aliphatic heterocycles. The van der Waals surface area contributed by atoms with Crippen molar-refractivity contribution in [2.75, 3.05) is 48.0 Å². The lowest BCUT2D eigenvalue weighted by Gasteiger charge is -2.40. The highest BCUT2D eigenvalue weighted by atomic mass is 16.5. The lowest BCUT2D eigenvalue weighted by molar-refractivity contribution is -0.135. The molecule has 0 aromatic heterocycles. The molecule has 1 aliphatic rings. The maximum atomic E-state index is 13.2. The Morgan fingerprint density at radius 1 is 1.00 bits per heavy atom. The van der Waals surface area contributed by atoms with Gasteiger partial charge in [-0.1, -0.05) is 30.3 Å². The number of piperazine rings is 1. The average molecular weight is 384 g/mol. The summed E-state index contributed by atoms with van der Waals surface area (Å²) < 4.78 is 16.2. The van der Waals surface area contributed by atoms with Gasteiger partial charge >= 0.3 is 0 Å². The molecule has 6 heteroatoms. The molecule has 0 saturated carbocycles. The third-order valence-corrected chi connectivity index (χ3v) is 5.17. The maximum absolute atomic E-state index is 13.2. The minimum absolute atomic E-state index is 0.0505. The Kier molecular flexibility index (Phi) is 6.41. The minimum Gasteiger partial charge on any atom is -0.493 e. The predicted molar refractivity (Wildman–Crippen MR) is 108 cm³/mol. The van der Waals surface area contributed by atoms with Crippen LogP contribution in [0.5, 0.6) is 17.2 Å². The second kappa shape index (κ2) is 8.97. The SMILES string of the molecule is COc1cc(CC(=O)N2CCN(C)CC2c2ccccc2)cc(OC)c1OC. The zero-order chi connectivity index (χ0) is 20.1. The fraction of sp³-hybridized carbons (Fsp3) is 0.409. The van der Waals surface area contributed by atoms with Crippen molar-refractivity contribution in [2.24, 2.45) is 0 Å². The zero-order valence-electron chi connectivity index (χ0n) is 17.0. The van der Waals surface area contributed by atoms with Gasteiger partial charge in [-0.3, -0.25) is 4.79 Å². The summed E-state index contributed by atoms with van der Waals surface area (Å²) in [6.45, 7) is 2.40. The Morgan fingerprint density at radius 3 is 2.21 bits per heavy atom. The molecule has 0 aliphatic carbocycles. The van der Waals surface area contributed by atoms with Crippen molar-refractivity contribution >= 4 is 5.91 Å². The number of ether oxygens (including phenoxy) is 3. The summed E-state index contributed by atoms with van der Waals surface area (Å²) >= 11 is 0. The number of carbonyl (C=O) groups is 1. The van der Waals surface area contributed by atoms with Crippen LogP contribution in [0.2, 0.25) is 0 Å². The maximum Gasteiger partial charge on any atom is 0.227 e. The Balaban J connectivity index is 1.85. The van der Waals surface area contributed by atoms with Crippen molar-refractivity contribution in [3.63, 3.8) is 0 Å². The fourth-order valence-electron chi connectivity index (χ4n) is 3.69. The summed E-state index contributed by atoms with van der Waals surface area (Å²) in [5, 5.41) is 0. The fourth-order valence-corrected chi connectivity index (χ4v) is 3.69. The van der Waals surface area contributed by atoms with E-state index in [9.17, 15) is 4.79 Å². The van der Waals surface area contributed by atoms with Gasteiger partial charge in [-0.15, -0.1) is 0 Å². The number of carbonyl (C=O) groups excluding carboxylic acids is 1. The largest absolute Gasteiger partial charge is 0.493 e. The summed E-state index contributed by atoms with van der Waals surface area (Å²) in [5.41, 5.74) is 2.00. The number of methoxy groups -OCH3 is 3. The van der Waals surface area contributed by atoms with Gasteiger partial charge in [-0.25, -0.2) is 0 Å². The van der Waals surface area contributed by atoms with E-state index in [1.165, 1.54) is 0 Å². The van der Waals surface area contributed by atoms with E-state index >= 15 is 0 Å². The Morgan fingerprint density at radius 2 is 1.64 bits per heavy atom. The summed E-state index contributed by atoms with van der Waals surface area (Å²) in [7, 11) is 6.82. The molecular weight excluding hydrogens is 356 g/mol. The van der Waals surface area contributed by atoms with Crippen LogP contribution in [0.25, 0.3) is 0 Å². The summed E-state index contributed by atoms with van der Waals surface area (Å²) in [5.74, 6) is 1.74. The summed E-state index contributed by atoms with van der Waals surface area (Å²) in [4.78, 5) is 17.5. The first-order chi connectivity index (χ1) is 13.6. The number of amides is 1. The molecule has 2 aromatic carbocycles. The van der Waals surface area contributed by atoms with Gasteiger partial charge in [0.2, 0.25) is 11.7 Å². The van der Waals surface area contributed by atoms with Crippen molar-refractivity contribution in [2.45, 2.75) is 12.5 Å². The predicted octanol–water partition coefficient (Wildman–Crippen LogP) is 2.77. The van der Waals surface area contributed by atoms with Gasteiger partial charge in [-0.2, -0.15) is 0 Å². The van der Waals surface area contributed by atoms with Crippen LogP contribution in [0.1, 0.15) is 17.2 Å². The molecule has 1 fully saturated rings. The van der Waals surface area contributed by atoms with Crippen LogP contribution in [-0.2, 0) is 11.2 Å². The highest BCUT2D eigenvalue weighted by Crippen LogP contribution is 2.38. The first-order valence-corrected chi connectivity index (χ1v) is 9.39. The molecule has 3 rings (SSSR count). The molecular formula is C22H28N2O4. The van der Waals surface area contributed by atoms with Gasteiger partial charge < -0.3 is 24.0 Å². The van der Waals surface area contributed by atoms with Gasteiger partial charge in [0.25, 0.3) is 0 Å². The summed E-state index contributed by atoms with van der Waals surface area (Å²) in [6.07, 6.45) is 0.282. The first kappa shape index (κ1) is 20.0. The average Bonchev–Trinajstić information content (AvgIpc) is 2.73. The molecule has 2 aromatic rings. The van der Waals surface area contributed by atoms with E-state index in [0.29, 0.717) is 23.8 Å². The number of likely N-dealkylation sites (N-methyl/N-ethyl adjacent to an activating group) is 1. The van der Waals surface area contributed by atoms with Crippen LogP contribution >= 0.6 is 0 Å². The second-order valence-corrected chi connectivity index (χ2v) is 6.99. The molecule has 0 spiro atoms. The van der Waals surface area contributed by atoms with E-state index < -0.39 is 0 Å². The Bertz CT molecular complexity index is 784. The number of nitrogens with zero attached hydrogens (tertiary/aromatic N) is 2. The zero-order valence-corrected chi connectivity index (χ0v) is 17.0. The van der Waals surface area contributed by atoms with Gasteiger partial charge in [0, 0.05) is 19.6 Å². The van der Waals surface area contributed by atoms with E-state index in [1.54, 1.807) is 21.3 Å². The number of hydrogen-bond acceptors (Lipinski definition) is 5. The van der Waals surface area contributed by atoms with Gasteiger partial charge in [-0.05, 0) is 30.3 Å².